The Morgan fingerprint density at radius 2 is 1.76 bits per heavy atom. The van der Waals surface area contributed by atoms with Crippen LogP contribution < -0.4 is 14.8 Å². The highest BCUT2D eigenvalue weighted by atomic mass is 32.2. The van der Waals surface area contributed by atoms with Gasteiger partial charge in [0.1, 0.15) is 11.6 Å². The minimum atomic E-state index is -3.44. The summed E-state index contributed by atoms with van der Waals surface area (Å²) in [6.07, 6.45) is 3.29. The van der Waals surface area contributed by atoms with Crippen LogP contribution in [0.25, 0.3) is 0 Å². The van der Waals surface area contributed by atoms with Gasteiger partial charge in [0.15, 0.2) is 0 Å². The topological polar surface area (TPSA) is 84.5 Å². The first-order valence-electron chi connectivity index (χ1n) is 9.69. The molecule has 0 bridgehead atoms. The third kappa shape index (κ3) is 7.14. The van der Waals surface area contributed by atoms with Crippen molar-refractivity contribution in [1.29, 1.82) is 0 Å². The number of carbonyl (C=O) groups excluding carboxylic acids is 1. The standard InChI is InChI=1S/C21H25FN2O4S/c22-17-5-9-19(10-6-17)28-15-1-14-23-21(25)13-4-16-2-11-20(12-3-16)29(26,27)24-18-7-8-18/h2-3,5-6,9-12,18,24H,1,4,7-8,13-15H2,(H,23,25). The van der Waals surface area contributed by atoms with Crippen molar-refractivity contribution in [3.05, 3.63) is 59.9 Å². The molecular weight excluding hydrogens is 395 g/mol. The van der Waals surface area contributed by atoms with Crippen LogP contribution >= 0.6 is 0 Å². The van der Waals surface area contributed by atoms with Crippen LogP contribution in [0.15, 0.2) is 53.4 Å². The van der Waals surface area contributed by atoms with E-state index in [4.69, 9.17) is 4.74 Å². The molecular formula is C21H25FN2O4S. The molecule has 1 fully saturated rings. The van der Waals surface area contributed by atoms with Crippen molar-refractivity contribution in [2.24, 2.45) is 0 Å². The van der Waals surface area contributed by atoms with Crippen LogP contribution in [0.2, 0.25) is 0 Å². The Bertz CT molecular complexity index is 911. The first-order chi connectivity index (χ1) is 13.9. The molecule has 1 amide bonds. The molecule has 29 heavy (non-hydrogen) atoms. The summed E-state index contributed by atoms with van der Waals surface area (Å²) in [5, 5.41) is 2.83. The summed E-state index contributed by atoms with van der Waals surface area (Å²) in [4.78, 5) is 12.2. The van der Waals surface area contributed by atoms with Gasteiger partial charge >= 0.3 is 0 Å². The summed E-state index contributed by atoms with van der Waals surface area (Å²) in [5.41, 5.74) is 0.908. The average molecular weight is 421 g/mol. The normalized spacial score (nSPS) is 13.8. The van der Waals surface area contributed by atoms with Gasteiger partial charge in [0.05, 0.1) is 11.5 Å². The van der Waals surface area contributed by atoms with Crippen molar-refractivity contribution in [3.63, 3.8) is 0 Å². The largest absolute Gasteiger partial charge is 0.494 e. The number of carbonyl (C=O) groups is 1. The van der Waals surface area contributed by atoms with Crippen molar-refractivity contribution in [2.75, 3.05) is 13.2 Å². The van der Waals surface area contributed by atoms with Gasteiger partial charge in [0.25, 0.3) is 0 Å². The second-order valence-corrected chi connectivity index (χ2v) is 8.76. The third-order valence-corrected chi connectivity index (χ3v) is 6.04. The summed E-state index contributed by atoms with van der Waals surface area (Å²) < 4.78 is 45.2. The fourth-order valence-electron chi connectivity index (χ4n) is 2.69. The Labute approximate surface area is 170 Å². The van der Waals surface area contributed by atoms with E-state index < -0.39 is 10.0 Å². The van der Waals surface area contributed by atoms with Crippen LogP contribution in [0.5, 0.6) is 5.75 Å². The zero-order chi connectivity index (χ0) is 20.7. The molecule has 0 spiro atoms. The quantitative estimate of drug-likeness (QED) is 0.548. The number of benzene rings is 2. The molecule has 3 rings (SSSR count). The number of hydrogen-bond acceptors (Lipinski definition) is 4. The van der Waals surface area contributed by atoms with Crippen molar-refractivity contribution in [3.8, 4) is 5.75 Å². The van der Waals surface area contributed by atoms with Gasteiger partial charge in [-0.1, -0.05) is 12.1 Å². The Morgan fingerprint density at radius 3 is 2.41 bits per heavy atom. The number of aryl methyl sites for hydroxylation is 1. The average Bonchev–Trinajstić information content (AvgIpc) is 3.51. The zero-order valence-corrected chi connectivity index (χ0v) is 16.9. The fourth-order valence-corrected chi connectivity index (χ4v) is 4.00. The predicted octanol–water partition coefficient (Wildman–Crippen LogP) is 2.78. The molecule has 0 unspecified atom stereocenters. The van der Waals surface area contributed by atoms with Crippen molar-refractivity contribution >= 4 is 15.9 Å². The molecule has 0 aromatic heterocycles. The van der Waals surface area contributed by atoms with Crippen LogP contribution in [0.3, 0.4) is 0 Å². The number of ether oxygens (including phenoxy) is 1. The molecule has 1 saturated carbocycles. The molecule has 6 nitrogen and oxygen atoms in total. The molecule has 0 atom stereocenters. The number of rotatable bonds is 11. The van der Waals surface area contributed by atoms with Crippen LogP contribution in [0.1, 0.15) is 31.2 Å². The van der Waals surface area contributed by atoms with Crippen molar-refractivity contribution < 1.29 is 22.3 Å². The lowest BCUT2D eigenvalue weighted by Crippen LogP contribution is -2.26. The van der Waals surface area contributed by atoms with E-state index >= 15 is 0 Å². The van der Waals surface area contributed by atoms with Gasteiger partial charge < -0.3 is 10.1 Å². The maximum atomic E-state index is 12.8. The first kappa shape index (κ1) is 21.3. The summed E-state index contributed by atoms with van der Waals surface area (Å²) in [5.74, 6) is 0.213. The van der Waals surface area contributed by atoms with E-state index in [0.29, 0.717) is 38.2 Å². The van der Waals surface area contributed by atoms with E-state index in [1.54, 1.807) is 36.4 Å². The maximum Gasteiger partial charge on any atom is 0.240 e. The molecule has 1 aliphatic carbocycles. The summed E-state index contributed by atoms with van der Waals surface area (Å²) in [6, 6.07) is 12.5. The van der Waals surface area contributed by atoms with E-state index in [9.17, 15) is 17.6 Å². The van der Waals surface area contributed by atoms with Crippen molar-refractivity contribution in [1.82, 2.24) is 10.0 Å². The summed E-state index contributed by atoms with van der Waals surface area (Å²) in [7, 11) is -3.44. The van der Waals surface area contributed by atoms with Gasteiger partial charge in [-0.05, 0) is 67.6 Å². The molecule has 8 heteroatoms. The monoisotopic (exact) mass is 420 g/mol. The minimum absolute atomic E-state index is 0.0705. The summed E-state index contributed by atoms with van der Waals surface area (Å²) in [6.45, 7) is 0.917. The van der Waals surface area contributed by atoms with Crippen LogP contribution in [-0.4, -0.2) is 33.5 Å². The Kier molecular flexibility index (Phi) is 7.22. The molecule has 0 aliphatic heterocycles. The molecule has 2 N–H and O–H groups in total. The zero-order valence-electron chi connectivity index (χ0n) is 16.1. The van der Waals surface area contributed by atoms with E-state index in [1.807, 2.05) is 0 Å². The van der Waals surface area contributed by atoms with Gasteiger partial charge in [-0.3, -0.25) is 4.79 Å². The van der Waals surface area contributed by atoms with Gasteiger partial charge in [0, 0.05) is 19.0 Å². The fraction of sp³-hybridized carbons (Fsp3) is 0.381. The lowest BCUT2D eigenvalue weighted by Gasteiger charge is -2.08. The minimum Gasteiger partial charge on any atom is -0.494 e. The van der Waals surface area contributed by atoms with Crippen LogP contribution in [0.4, 0.5) is 4.39 Å². The molecule has 0 radical (unpaired) electrons. The highest BCUT2D eigenvalue weighted by molar-refractivity contribution is 7.89. The smallest absolute Gasteiger partial charge is 0.240 e. The number of amides is 1. The third-order valence-electron chi connectivity index (χ3n) is 4.50. The second-order valence-electron chi connectivity index (χ2n) is 7.05. The van der Waals surface area contributed by atoms with E-state index in [2.05, 4.69) is 10.0 Å². The lowest BCUT2D eigenvalue weighted by molar-refractivity contribution is -0.121. The Hall–Kier alpha value is -2.45. The van der Waals surface area contributed by atoms with Gasteiger partial charge in [-0.25, -0.2) is 17.5 Å². The number of nitrogens with one attached hydrogen (secondary N) is 2. The first-order valence-corrected chi connectivity index (χ1v) is 11.2. The number of halogens is 1. The van der Waals surface area contributed by atoms with Gasteiger partial charge in [-0.2, -0.15) is 0 Å². The molecule has 2 aromatic carbocycles. The molecule has 0 saturated heterocycles. The van der Waals surface area contributed by atoms with Gasteiger partial charge in [0.2, 0.25) is 15.9 Å². The second kappa shape index (κ2) is 9.84. The maximum absolute atomic E-state index is 12.8. The lowest BCUT2D eigenvalue weighted by atomic mass is 10.1. The number of hydrogen-bond donors (Lipinski definition) is 2. The van der Waals surface area contributed by atoms with Crippen LogP contribution in [-0.2, 0) is 21.2 Å². The molecule has 156 valence electrons. The SMILES string of the molecule is O=C(CCc1ccc(S(=O)(=O)NC2CC2)cc1)NCCCOc1ccc(F)cc1. The predicted molar refractivity (Wildman–Crippen MR) is 108 cm³/mol. The van der Waals surface area contributed by atoms with E-state index in [1.165, 1.54) is 12.1 Å². The Morgan fingerprint density at radius 1 is 1.07 bits per heavy atom. The number of sulfonamides is 1. The highest BCUT2D eigenvalue weighted by Gasteiger charge is 2.27. The molecule has 2 aromatic rings. The summed E-state index contributed by atoms with van der Waals surface area (Å²) >= 11 is 0. The molecule has 1 aliphatic rings. The highest BCUT2D eigenvalue weighted by Crippen LogP contribution is 2.22. The van der Waals surface area contributed by atoms with E-state index in [0.717, 1.165) is 18.4 Å². The Balaban J connectivity index is 1.32. The van der Waals surface area contributed by atoms with Gasteiger partial charge in [-0.15, -0.1) is 0 Å². The molecule has 0 heterocycles. The van der Waals surface area contributed by atoms with Crippen molar-refractivity contribution in [2.45, 2.75) is 43.0 Å². The van der Waals surface area contributed by atoms with Crippen LogP contribution in [0, 0.1) is 5.82 Å². The van der Waals surface area contributed by atoms with E-state index in [-0.39, 0.29) is 22.7 Å².